The molecule has 0 heterocycles. The number of aliphatic carboxylic acids is 1. The normalized spacial score (nSPS) is 14.2. The maximum Gasteiger partial charge on any atom is 0.407 e. The molecule has 8 nitrogen and oxygen atoms in total. The van der Waals surface area contributed by atoms with Gasteiger partial charge in [0.25, 0.3) is 0 Å². The molecule has 0 spiro atoms. The number of rotatable bonds is 10. The lowest BCUT2D eigenvalue weighted by Crippen LogP contribution is -2.50. The van der Waals surface area contributed by atoms with Gasteiger partial charge in [-0.3, -0.25) is 4.79 Å². The van der Waals surface area contributed by atoms with Gasteiger partial charge in [0.1, 0.15) is 12.6 Å². The maximum absolute atomic E-state index is 12.5. The van der Waals surface area contributed by atoms with Crippen molar-refractivity contribution in [1.82, 2.24) is 15.5 Å². The molecule has 3 rings (SSSR count). The van der Waals surface area contributed by atoms with Crippen molar-refractivity contribution in [3.8, 4) is 11.1 Å². The maximum atomic E-state index is 12.5. The number of benzene rings is 2. The highest BCUT2D eigenvalue weighted by atomic mass is 16.5. The van der Waals surface area contributed by atoms with E-state index in [2.05, 4.69) is 22.8 Å². The number of carboxylic acids is 1. The van der Waals surface area contributed by atoms with Crippen molar-refractivity contribution in [1.29, 1.82) is 0 Å². The third kappa shape index (κ3) is 5.90. The number of nitrogens with zero attached hydrogens (tertiary/aromatic N) is 1. The Morgan fingerprint density at radius 1 is 1.03 bits per heavy atom. The number of likely N-dealkylation sites (N-methyl/N-ethyl adjacent to an activating group) is 1. The van der Waals surface area contributed by atoms with Gasteiger partial charge in [-0.05, 0) is 42.8 Å². The Labute approximate surface area is 193 Å². The summed E-state index contributed by atoms with van der Waals surface area (Å²) in [6.07, 6.45) is -0.157. The summed E-state index contributed by atoms with van der Waals surface area (Å²) in [5.41, 5.74) is 4.54. The Morgan fingerprint density at radius 3 is 2.12 bits per heavy atom. The van der Waals surface area contributed by atoms with Crippen LogP contribution in [-0.2, 0) is 14.3 Å². The Balaban J connectivity index is 1.55. The first-order valence-corrected chi connectivity index (χ1v) is 11.1. The molecule has 8 heteroatoms. The molecule has 1 aliphatic rings. The molecule has 0 aromatic heterocycles. The molecule has 0 aliphatic heterocycles. The molecule has 0 fully saturated rings. The molecule has 2 atom stereocenters. The van der Waals surface area contributed by atoms with Crippen LogP contribution in [-0.4, -0.2) is 67.8 Å². The molecule has 0 bridgehead atoms. The van der Waals surface area contributed by atoms with E-state index in [-0.39, 0.29) is 25.6 Å². The van der Waals surface area contributed by atoms with E-state index in [1.54, 1.807) is 19.0 Å². The highest BCUT2D eigenvalue weighted by Crippen LogP contribution is 2.44. The monoisotopic (exact) mass is 453 g/mol. The van der Waals surface area contributed by atoms with Crippen LogP contribution in [0.25, 0.3) is 11.1 Å². The number of fused-ring (bicyclic) bond motifs is 3. The van der Waals surface area contributed by atoms with E-state index in [1.807, 2.05) is 43.3 Å². The van der Waals surface area contributed by atoms with E-state index in [4.69, 9.17) is 4.74 Å². The van der Waals surface area contributed by atoms with E-state index >= 15 is 0 Å². The lowest BCUT2D eigenvalue weighted by atomic mass is 9.98. The number of amides is 2. The molecule has 2 amide bonds. The van der Waals surface area contributed by atoms with Crippen LogP contribution in [0.5, 0.6) is 0 Å². The van der Waals surface area contributed by atoms with Crippen LogP contribution in [0.3, 0.4) is 0 Å². The number of ether oxygens (including phenoxy) is 1. The van der Waals surface area contributed by atoms with Crippen molar-refractivity contribution in [3.05, 3.63) is 59.7 Å². The van der Waals surface area contributed by atoms with Gasteiger partial charge in [0.2, 0.25) is 5.91 Å². The SMILES string of the molecule is CCC(CNC(=O)OCC1c2ccccc2-c2ccccc21)C(=O)N[C@@H](CN(C)C)C(=O)O. The molecule has 1 aliphatic carbocycles. The number of hydrogen-bond donors (Lipinski definition) is 3. The average molecular weight is 454 g/mol. The zero-order chi connectivity index (χ0) is 24.0. The highest BCUT2D eigenvalue weighted by molar-refractivity contribution is 5.85. The standard InChI is InChI=1S/C25H31N3O5/c1-4-16(23(29)27-22(24(30)31)14-28(2)3)13-26-25(32)33-15-21-19-11-7-5-9-17(19)18-10-6-8-12-20(18)21/h5-12,16,21-22H,4,13-15H2,1-3H3,(H,26,32)(H,27,29)(H,30,31)/t16?,22-/m0/s1. The number of hydrogen-bond acceptors (Lipinski definition) is 5. The molecule has 2 aromatic carbocycles. The molecule has 0 saturated heterocycles. The lowest BCUT2D eigenvalue weighted by molar-refractivity contribution is -0.142. The zero-order valence-corrected chi connectivity index (χ0v) is 19.2. The Kier molecular flexibility index (Phi) is 8.06. The molecule has 33 heavy (non-hydrogen) atoms. The van der Waals surface area contributed by atoms with Crippen molar-refractivity contribution >= 4 is 18.0 Å². The molecule has 1 unspecified atom stereocenters. The van der Waals surface area contributed by atoms with E-state index in [0.29, 0.717) is 6.42 Å². The van der Waals surface area contributed by atoms with Gasteiger partial charge in [-0.15, -0.1) is 0 Å². The van der Waals surface area contributed by atoms with Gasteiger partial charge in [0.15, 0.2) is 0 Å². The van der Waals surface area contributed by atoms with Crippen LogP contribution in [0, 0.1) is 5.92 Å². The minimum atomic E-state index is -1.10. The summed E-state index contributed by atoms with van der Waals surface area (Å²) < 4.78 is 5.50. The smallest absolute Gasteiger partial charge is 0.407 e. The molecular weight excluding hydrogens is 422 g/mol. The van der Waals surface area contributed by atoms with Gasteiger partial charge in [0, 0.05) is 19.0 Å². The summed E-state index contributed by atoms with van der Waals surface area (Å²) in [5.74, 6) is -2.12. The summed E-state index contributed by atoms with van der Waals surface area (Å²) in [6.45, 7) is 2.24. The zero-order valence-electron chi connectivity index (χ0n) is 19.2. The predicted molar refractivity (Wildman–Crippen MR) is 125 cm³/mol. The van der Waals surface area contributed by atoms with Gasteiger partial charge >= 0.3 is 12.1 Å². The van der Waals surface area contributed by atoms with Gasteiger partial charge < -0.3 is 25.4 Å². The fourth-order valence-electron chi connectivity index (χ4n) is 4.12. The summed E-state index contributed by atoms with van der Waals surface area (Å²) in [5, 5.41) is 14.5. The largest absolute Gasteiger partial charge is 0.480 e. The first-order valence-electron chi connectivity index (χ1n) is 11.1. The number of carbonyl (C=O) groups excluding carboxylic acids is 2. The molecular formula is C25H31N3O5. The van der Waals surface area contributed by atoms with Crippen LogP contribution >= 0.6 is 0 Å². The van der Waals surface area contributed by atoms with Gasteiger partial charge in [-0.1, -0.05) is 55.5 Å². The minimum Gasteiger partial charge on any atom is -0.480 e. The summed E-state index contributed by atoms with van der Waals surface area (Å²) in [7, 11) is 3.47. The Hall–Kier alpha value is -3.39. The second-order valence-electron chi connectivity index (χ2n) is 8.47. The van der Waals surface area contributed by atoms with Crippen LogP contribution in [0.4, 0.5) is 4.79 Å². The van der Waals surface area contributed by atoms with Crippen molar-refractivity contribution < 1.29 is 24.2 Å². The van der Waals surface area contributed by atoms with E-state index in [9.17, 15) is 19.5 Å². The molecule has 176 valence electrons. The molecule has 0 radical (unpaired) electrons. The highest BCUT2D eigenvalue weighted by Gasteiger charge is 2.29. The first-order chi connectivity index (χ1) is 15.8. The number of carboxylic acid groups (broad SMARTS) is 1. The van der Waals surface area contributed by atoms with Crippen LogP contribution in [0.15, 0.2) is 48.5 Å². The Bertz CT molecular complexity index is 962. The second-order valence-corrected chi connectivity index (χ2v) is 8.47. The number of nitrogens with one attached hydrogen (secondary N) is 2. The quantitative estimate of drug-likeness (QED) is 0.511. The molecule has 3 N–H and O–H groups in total. The topological polar surface area (TPSA) is 108 Å². The fraction of sp³-hybridized carbons (Fsp3) is 0.400. The number of alkyl carbamates (subject to hydrolysis) is 1. The Morgan fingerprint density at radius 2 is 1.61 bits per heavy atom. The molecule has 0 saturated carbocycles. The van der Waals surface area contributed by atoms with Crippen LogP contribution in [0.1, 0.15) is 30.4 Å². The van der Waals surface area contributed by atoms with Crippen molar-refractivity contribution in [2.24, 2.45) is 5.92 Å². The third-order valence-electron chi connectivity index (χ3n) is 5.86. The van der Waals surface area contributed by atoms with Crippen molar-refractivity contribution in [3.63, 3.8) is 0 Å². The number of carbonyl (C=O) groups is 3. The van der Waals surface area contributed by atoms with Gasteiger partial charge in [-0.2, -0.15) is 0 Å². The van der Waals surface area contributed by atoms with E-state index < -0.39 is 29.9 Å². The summed E-state index contributed by atoms with van der Waals surface area (Å²) in [6, 6.07) is 15.2. The van der Waals surface area contributed by atoms with Crippen LogP contribution in [0.2, 0.25) is 0 Å². The summed E-state index contributed by atoms with van der Waals surface area (Å²) in [4.78, 5) is 38.0. The van der Waals surface area contributed by atoms with Gasteiger partial charge in [-0.25, -0.2) is 9.59 Å². The fourth-order valence-corrected chi connectivity index (χ4v) is 4.12. The lowest BCUT2D eigenvalue weighted by Gasteiger charge is -2.22. The van der Waals surface area contributed by atoms with Crippen molar-refractivity contribution in [2.75, 3.05) is 33.8 Å². The summed E-state index contributed by atoms with van der Waals surface area (Å²) >= 11 is 0. The third-order valence-corrected chi connectivity index (χ3v) is 5.86. The first kappa shape index (κ1) is 24.3. The predicted octanol–water partition coefficient (Wildman–Crippen LogP) is 2.68. The van der Waals surface area contributed by atoms with Crippen LogP contribution < -0.4 is 10.6 Å². The average Bonchev–Trinajstić information content (AvgIpc) is 3.11. The van der Waals surface area contributed by atoms with Crippen molar-refractivity contribution in [2.45, 2.75) is 25.3 Å². The molecule has 2 aromatic rings. The van der Waals surface area contributed by atoms with E-state index in [0.717, 1.165) is 22.3 Å². The minimum absolute atomic E-state index is 0.0456. The van der Waals surface area contributed by atoms with Gasteiger partial charge in [0.05, 0.1) is 5.92 Å². The second kappa shape index (κ2) is 11.0. The van der Waals surface area contributed by atoms with E-state index in [1.165, 1.54) is 0 Å².